The number of benzene rings is 8. The first kappa shape index (κ1) is 27.6. The quantitative estimate of drug-likeness (QED) is 0.179. The topological polar surface area (TPSA) is 17.3 Å². The third-order valence-electron chi connectivity index (χ3n) is 10.0. The number of hydrogen-bond donors (Lipinski definition) is 0. The molecule has 0 saturated heterocycles. The normalized spacial score (nSPS) is 11.7. The average Bonchev–Trinajstić information content (AvgIpc) is 3.63. The maximum absolute atomic E-state index is 5.09. The van der Waals surface area contributed by atoms with Gasteiger partial charge in [-0.1, -0.05) is 164 Å². The van der Waals surface area contributed by atoms with Gasteiger partial charge in [0, 0.05) is 22.1 Å². The van der Waals surface area contributed by atoms with Gasteiger partial charge in [-0.25, -0.2) is 4.52 Å². The van der Waals surface area contributed by atoms with Gasteiger partial charge in [0.15, 0.2) is 0 Å². The molecule has 0 N–H and O–H groups in total. The van der Waals surface area contributed by atoms with Crippen LogP contribution < -0.4 is 0 Å². The van der Waals surface area contributed by atoms with Crippen LogP contribution in [0.4, 0.5) is 0 Å². The average molecular weight is 623 g/mol. The molecule has 228 valence electrons. The predicted octanol–water partition coefficient (Wildman–Crippen LogP) is 12.6. The van der Waals surface area contributed by atoms with Crippen LogP contribution in [0.2, 0.25) is 0 Å². The van der Waals surface area contributed by atoms with Crippen molar-refractivity contribution >= 4 is 48.6 Å². The first-order valence-electron chi connectivity index (χ1n) is 16.8. The fourth-order valence-corrected chi connectivity index (χ4v) is 7.84. The summed E-state index contributed by atoms with van der Waals surface area (Å²) in [7, 11) is 0. The van der Waals surface area contributed by atoms with E-state index in [0.717, 1.165) is 33.5 Å². The Bertz CT molecular complexity index is 2830. The van der Waals surface area contributed by atoms with Crippen LogP contribution in [0.3, 0.4) is 0 Å². The minimum atomic E-state index is 1.09. The summed E-state index contributed by atoms with van der Waals surface area (Å²) >= 11 is 0. The van der Waals surface area contributed by atoms with Crippen molar-refractivity contribution in [2.45, 2.75) is 0 Å². The molecule has 10 rings (SSSR count). The minimum Gasteiger partial charge on any atom is -0.231 e. The molecule has 0 amide bonds. The number of rotatable bonds is 4. The molecule has 0 bridgehead atoms. The third-order valence-corrected chi connectivity index (χ3v) is 10.0. The molecule has 2 heterocycles. The van der Waals surface area contributed by atoms with Crippen LogP contribution in [0, 0.1) is 0 Å². The van der Waals surface area contributed by atoms with E-state index in [2.05, 4.69) is 180 Å². The van der Waals surface area contributed by atoms with E-state index in [1.807, 2.05) is 6.20 Å². The van der Waals surface area contributed by atoms with Crippen LogP contribution in [-0.4, -0.2) is 9.61 Å². The molecule has 2 heteroatoms. The Morgan fingerprint density at radius 3 is 1.49 bits per heavy atom. The number of fused-ring (bicyclic) bond motifs is 9. The molecular formula is C47H30N2. The summed E-state index contributed by atoms with van der Waals surface area (Å²) in [5.41, 5.74) is 10.4. The van der Waals surface area contributed by atoms with Crippen LogP contribution in [0.1, 0.15) is 0 Å². The second-order valence-corrected chi connectivity index (χ2v) is 12.8. The van der Waals surface area contributed by atoms with E-state index in [1.165, 1.54) is 59.8 Å². The summed E-state index contributed by atoms with van der Waals surface area (Å²) in [6.07, 6.45) is 2.02. The number of aromatic nitrogens is 2. The summed E-state index contributed by atoms with van der Waals surface area (Å²) in [5, 5.41) is 15.2. The lowest BCUT2D eigenvalue weighted by Gasteiger charge is -2.18. The Morgan fingerprint density at radius 2 is 0.816 bits per heavy atom. The van der Waals surface area contributed by atoms with Crippen molar-refractivity contribution in [3.63, 3.8) is 0 Å². The smallest absolute Gasteiger partial charge is 0.0826 e. The van der Waals surface area contributed by atoms with Crippen LogP contribution in [0.25, 0.3) is 93.2 Å². The molecule has 0 spiro atoms. The lowest BCUT2D eigenvalue weighted by Crippen LogP contribution is -2.00. The Hall–Kier alpha value is -6.51. The van der Waals surface area contributed by atoms with Gasteiger partial charge >= 0.3 is 0 Å². The van der Waals surface area contributed by atoms with Gasteiger partial charge in [0.25, 0.3) is 0 Å². The first-order valence-corrected chi connectivity index (χ1v) is 16.8. The van der Waals surface area contributed by atoms with Gasteiger partial charge in [0.1, 0.15) is 0 Å². The van der Waals surface area contributed by atoms with E-state index in [4.69, 9.17) is 5.10 Å². The van der Waals surface area contributed by atoms with Crippen molar-refractivity contribution in [3.05, 3.63) is 182 Å². The summed E-state index contributed by atoms with van der Waals surface area (Å²) in [5.74, 6) is 0. The van der Waals surface area contributed by atoms with E-state index < -0.39 is 0 Å². The highest BCUT2D eigenvalue weighted by Gasteiger charge is 2.21. The summed E-state index contributed by atoms with van der Waals surface area (Å²) in [4.78, 5) is 0. The van der Waals surface area contributed by atoms with Crippen molar-refractivity contribution in [3.8, 4) is 44.6 Å². The highest BCUT2D eigenvalue weighted by Crippen LogP contribution is 2.44. The number of nitrogens with zero attached hydrogens (tertiary/aromatic N) is 2. The third kappa shape index (κ3) is 4.31. The fourth-order valence-electron chi connectivity index (χ4n) is 7.84. The van der Waals surface area contributed by atoms with E-state index in [9.17, 15) is 0 Å². The monoisotopic (exact) mass is 622 g/mol. The van der Waals surface area contributed by atoms with E-state index >= 15 is 0 Å². The van der Waals surface area contributed by atoms with Gasteiger partial charge in [0.2, 0.25) is 0 Å². The van der Waals surface area contributed by atoms with Gasteiger partial charge in [-0.2, -0.15) is 5.10 Å². The summed E-state index contributed by atoms with van der Waals surface area (Å²) < 4.78 is 2.16. The lowest BCUT2D eigenvalue weighted by atomic mass is 9.89. The molecule has 49 heavy (non-hydrogen) atoms. The van der Waals surface area contributed by atoms with Crippen molar-refractivity contribution in [2.75, 3.05) is 0 Å². The summed E-state index contributed by atoms with van der Waals surface area (Å²) in [6, 6.07) is 63.6. The van der Waals surface area contributed by atoms with Gasteiger partial charge in [0.05, 0.1) is 17.4 Å². The van der Waals surface area contributed by atoms with E-state index in [-0.39, 0.29) is 0 Å². The largest absolute Gasteiger partial charge is 0.231 e. The molecule has 10 aromatic rings. The molecule has 2 nitrogen and oxygen atoms in total. The Labute approximate surface area is 284 Å². The van der Waals surface area contributed by atoms with Crippen molar-refractivity contribution < 1.29 is 0 Å². The van der Waals surface area contributed by atoms with Crippen LogP contribution in [-0.2, 0) is 0 Å². The lowest BCUT2D eigenvalue weighted by molar-refractivity contribution is 0.976. The molecule has 0 aliphatic carbocycles. The molecule has 0 atom stereocenters. The van der Waals surface area contributed by atoms with Gasteiger partial charge in [-0.05, 0) is 72.1 Å². The maximum Gasteiger partial charge on any atom is 0.0826 e. The van der Waals surface area contributed by atoms with Gasteiger partial charge in [-0.15, -0.1) is 0 Å². The second kappa shape index (κ2) is 11.0. The minimum absolute atomic E-state index is 1.09. The first-order chi connectivity index (χ1) is 24.3. The van der Waals surface area contributed by atoms with Gasteiger partial charge < -0.3 is 0 Å². The highest BCUT2D eigenvalue weighted by molar-refractivity contribution is 6.25. The van der Waals surface area contributed by atoms with Crippen molar-refractivity contribution in [1.82, 2.24) is 9.61 Å². The van der Waals surface area contributed by atoms with Crippen LogP contribution >= 0.6 is 0 Å². The molecule has 0 saturated carbocycles. The van der Waals surface area contributed by atoms with Crippen molar-refractivity contribution in [1.29, 1.82) is 0 Å². The van der Waals surface area contributed by atoms with Crippen molar-refractivity contribution in [2.24, 2.45) is 0 Å². The Morgan fingerprint density at radius 1 is 0.327 bits per heavy atom. The van der Waals surface area contributed by atoms with Crippen LogP contribution in [0.15, 0.2) is 182 Å². The zero-order valence-corrected chi connectivity index (χ0v) is 26.7. The molecular weight excluding hydrogens is 593 g/mol. The Balaban J connectivity index is 1.24. The molecule has 2 aromatic heterocycles. The molecule has 0 aliphatic rings. The second-order valence-electron chi connectivity index (χ2n) is 12.8. The number of hydrogen-bond acceptors (Lipinski definition) is 1. The highest BCUT2D eigenvalue weighted by atomic mass is 15.2. The molecule has 0 radical (unpaired) electrons. The van der Waals surface area contributed by atoms with Crippen LogP contribution in [0.5, 0.6) is 0 Å². The zero-order valence-electron chi connectivity index (χ0n) is 26.7. The standard InChI is InChI=1S/C47H30N2/c1-3-14-31(15-4-1)44-30-48-49-46(32-16-5-2-6-17-32)45(41-24-11-12-25-42(41)47(44)49)35-19-13-18-33(28-35)34-26-27-40-38-22-8-7-20-36(38)37-21-9-10-23-39(37)43(40)29-34/h1-30H. The Kier molecular flexibility index (Phi) is 6.22. The zero-order chi connectivity index (χ0) is 32.3. The summed E-state index contributed by atoms with van der Waals surface area (Å²) in [6.45, 7) is 0. The predicted molar refractivity (Wildman–Crippen MR) is 207 cm³/mol. The SMILES string of the molecule is c1ccc(-c2cnn3c(-c4ccccc4)c(-c4cccc(-c5ccc6c7ccccc7c7ccccc7c6c5)c4)c4ccccc4c23)cc1. The van der Waals surface area contributed by atoms with Gasteiger partial charge in [-0.3, -0.25) is 0 Å². The van der Waals surface area contributed by atoms with E-state index in [0.29, 0.717) is 0 Å². The fraction of sp³-hybridized carbons (Fsp3) is 0. The number of pyridine rings is 1. The maximum atomic E-state index is 5.09. The molecule has 0 aliphatic heterocycles. The van der Waals surface area contributed by atoms with E-state index in [1.54, 1.807) is 0 Å². The molecule has 0 fully saturated rings. The molecule has 0 unspecified atom stereocenters. The molecule has 8 aromatic carbocycles.